The summed E-state index contributed by atoms with van der Waals surface area (Å²) >= 11 is 0. The van der Waals surface area contributed by atoms with E-state index in [2.05, 4.69) is 4.98 Å². The lowest BCUT2D eigenvalue weighted by atomic mass is 10.1. The van der Waals surface area contributed by atoms with Crippen molar-refractivity contribution >= 4 is 11.4 Å². The fourth-order valence-electron chi connectivity index (χ4n) is 2.00. The smallest absolute Gasteiger partial charge is 0.212 e. The van der Waals surface area contributed by atoms with Crippen molar-refractivity contribution < 1.29 is 4.79 Å². The maximum absolute atomic E-state index is 12.3. The number of benzene rings is 1. The highest BCUT2D eigenvalue weighted by molar-refractivity contribution is 6.07. The number of hydrogen-bond acceptors (Lipinski definition) is 2. The Hall–Kier alpha value is -2.42. The quantitative estimate of drug-likeness (QED) is 0.641. The molecule has 2 heterocycles. The van der Waals surface area contributed by atoms with Crippen LogP contribution in [0.2, 0.25) is 0 Å². The van der Waals surface area contributed by atoms with Gasteiger partial charge < -0.3 is 4.40 Å². The van der Waals surface area contributed by atoms with Gasteiger partial charge in [-0.2, -0.15) is 0 Å². The third kappa shape index (κ3) is 1.70. The van der Waals surface area contributed by atoms with Crippen molar-refractivity contribution in [2.24, 2.45) is 0 Å². The highest BCUT2D eigenvalue weighted by Crippen LogP contribution is 2.12. The Bertz CT molecular complexity index is 714. The van der Waals surface area contributed by atoms with E-state index >= 15 is 0 Å². The molecule has 0 atom stereocenters. The second-order valence-electron chi connectivity index (χ2n) is 4.22. The summed E-state index contributed by atoms with van der Waals surface area (Å²) in [4.78, 5) is 16.6. The number of pyridine rings is 1. The van der Waals surface area contributed by atoms with Crippen LogP contribution < -0.4 is 0 Å². The maximum Gasteiger partial charge on any atom is 0.212 e. The van der Waals surface area contributed by atoms with Gasteiger partial charge in [-0.25, -0.2) is 4.98 Å². The van der Waals surface area contributed by atoms with E-state index < -0.39 is 0 Å². The molecule has 3 nitrogen and oxygen atoms in total. The fourth-order valence-corrected chi connectivity index (χ4v) is 2.00. The van der Waals surface area contributed by atoms with Crippen LogP contribution in [0.1, 0.15) is 21.7 Å². The molecule has 0 N–H and O–H groups in total. The van der Waals surface area contributed by atoms with E-state index in [0.717, 1.165) is 11.3 Å². The standard InChI is InChI=1S/C15H12N2O/c1-11-6-5-9-14-16-13(10-17(11)14)15(18)12-7-3-2-4-8-12/h2-10H,1H3. The van der Waals surface area contributed by atoms with E-state index in [-0.39, 0.29) is 5.78 Å². The molecule has 0 bridgehead atoms. The molecule has 0 aliphatic carbocycles. The lowest BCUT2D eigenvalue weighted by Gasteiger charge is -1.96. The van der Waals surface area contributed by atoms with Crippen LogP contribution in [0.5, 0.6) is 0 Å². The molecule has 0 amide bonds. The molecule has 0 saturated carbocycles. The van der Waals surface area contributed by atoms with Crippen LogP contribution in [0.3, 0.4) is 0 Å². The number of aromatic nitrogens is 2. The number of aryl methyl sites for hydroxylation is 1. The molecular formula is C15H12N2O. The van der Waals surface area contributed by atoms with Crippen LogP contribution in [0.15, 0.2) is 54.7 Å². The van der Waals surface area contributed by atoms with Gasteiger partial charge in [0, 0.05) is 17.5 Å². The minimum Gasteiger partial charge on any atom is -0.304 e. The van der Waals surface area contributed by atoms with Crippen molar-refractivity contribution in [3.05, 3.63) is 71.7 Å². The van der Waals surface area contributed by atoms with Crippen molar-refractivity contribution in [3.8, 4) is 0 Å². The van der Waals surface area contributed by atoms with Gasteiger partial charge in [0.2, 0.25) is 5.78 Å². The number of nitrogens with zero attached hydrogens (tertiary/aromatic N) is 2. The summed E-state index contributed by atoms with van der Waals surface area (Å²) in [7, 11) is 0. The number of fused-ring (bicyclic) bond motifs is 1. The van der Waals surface area contributed by atoms with Gasteiger partial charge in [0.05, 0.1) is 0 Å². The van der Waals surface area contributed by atoms with Crippen LogP contribution >= 0.6 is 0 Å². The predicted molar refractivity (Wildman–Crippen MR) is 69.8 cm³/mol. The Balaban J connectivity index is 2.10. The lowest BCUT2D eigenvalue weighted by Crippen LogP contribution is -2.00. The monoisotopic (exact) mass is 236 g/mol. The molecule has 0 unspecified atom stereocenters. The Morgan fingerprint density at radius 2 is 1.83 bits per heavy atom. The second-order valence-corrected chi connectivity index (χ2v) is 4.22. The van der Waals surface area contributed by atoms with Crippen LogP contribution in [-0.2, 0) is 0 Å². The zero-order valence-corrected chi connectivity index (χ0v) is 10.00. The molecule has 88 valence electrons. The first-order chi connectivity index (χ1) is 8.75. The van der Waals surface area contributed by atoms with Crippen molar-refractivity contribution in [1.82, 2.24) is 9.38 Å². The number of carbonyl (C=O) groups excluding carboxylic acids is 1. The molecule has 0 fully saturated rings. The SMILES string of the molecule is Cc1cccc2nc(C(=O)c3ccccc3)cn12. The minimum absolute atomic E-state index is 0.0429. The average molecular weight is 236 g/mol. The van der Waals surface area contributed by atoms with E-state index in [9.17, 15) is 4.79 Å². The molecule has 0 aliphatic rings. The molecule has 0 saturated heterocycles. The van der Waals surface area contributed by atoms with Gasteiger partial charge in [0.15, 0.2) is 0 Å². The summed E-state index contributed by atoms with van der Waals surface area (Å²) < 4.78 is 1.93. The number of rotatable bonds is 2. The van der Waals surface area contributed by atoms with Crippen molar-refractivity contribution in [3.63, 3.8) is 0 Å². The van der Waals surface area contributed by atoms with E-state index in [1.807, 2.05) is 47.7 Å². The summed E-state index contributed by atoms with van der Waals surface area (Å²) in [6.07, 6.45) is 1.79. The Labute approximate surface area is 105 Å². The normalized spacial score (nSPS) is 10.7. The summed E-state index contributed by atoms with van der Waals surface area (Å²) in [5, 5.41) is 0. The second kappa shape index (κ2) is 4.11. The molecule has 3 heteroatoms. The molecule has 3 rings (SSSR count). The Kier molecular flexibility index (Phi) is 2.45. The third-order valence-electron chi connectivity index (χ3n) is 2.96. The first kappa shape index (κ1) is 10.7. The number of hydrogen-bond donors (Lipinski definition) is 0. The molecule has 0 radical (unpaired) electrons. The van der Waals surface area contributed by atoms with Crippen LogP contribution in [0.4, 0.5) is 0 Å². The largest absolute Gasteiger partial charge is 0.304 e. The van der Waals surface area contributed by atoms with Gasteiger partial charge in [0.25, 0.3) is 0 Å². The molecule has 0 spiro atoms. The fraction of sp³-hybridized carbons (Fsp3) is 0.0667. The van der Waals surface area contributed by atoms with Crippen LogP contribution in [0.25, 0.3) is 5.65 Å². The van der Waals surface area contributed by atoms with Crippen LogP contribution in [-0.4, -0.2) is 15.2 Å². The van der Waals surface area contributed by atoms with Gasteiger partial charge in [0.1, 0.15) is 11.3 Å². The van der Waals surface area contributed by atoms with E-state index in [1.54, 1.807) is 18.3 Å². The van der Waals surface area contributed by atoms with Crippen molar-refractivity contribution in [2.45, 2.75) is 6.92 Å². The highest BCUT2D eigenvalue weighted by atomic mass is 16.1. The molecule has 18 heavy (non-hydrogen) atoms. The number of ketones is 1. The Morgan fingerprint density at radius 3 is 2.56 bits per heavy atom. The zero-order chi connectivity index (χ0) is 12.5. The van der Waals surface area contributed by atoms with E-state index in [1.165, 1.54) is 0 Å². The van der Waals surface area contributed by atoms with Gasteiger partial charge in [-0.3, -0.25) is 4.79 Å². The average Bonchev–Trinajstić information content (AvgIpc) is 2.84. The van der Waals surface area contributed by atoms with E-state index in [0.29, 0.717) is 11.3 Å². The third-order valence-corrected chi connectivity index (χ3v) is 2.96. The van der Waals surface area contributed by atoms with E-state index in [4.69, 9.17) is 0 Å². The first-order valence-electron chi connectivity index (χ1n) is 5.80. The zero-order valence-electron chi connectivity index (χ0n) is 10.00. The molecule has 3 aromatic rings. The Morgan fingerprint density at radius 1 is 1.06 bits per heavy atom. The summed E-state index contributed by atoms with van der Waals surface area (Å²) in [5.41, 5.74) is 3.01. The van der Waals surface area contributed by atoms with Gasteiger partial charge in [-0.15, -0.1) is 0 Å². The highest BCUT2D eigenvalue weighted by Gasteiger charge is 2.13. The molecule has 0 aliphatic heterocycles. The first-order valence-corrected chi connectivity index (χ1v) is 5.80. The summed E-state index contributed by atoms with van der Waals surface area (Å²) in [6, 6.07) is 15.0. The topological polar surface area (TPSA) is 34.4 Å². The molecular weight excluding hydrogens is 224 g/mol. The number of imidazole rings is 1. The predicted octanol–water partition coefficient (Wildman–Crippen LogP) is 2.87. The van der Waals surface area contributed by atoms with Crippen molar-refractivity contribution in [1.29, 1.82) is 0 Å². The van der Waals surface area contributed by atoms with Gasteiger partial charge >= 0.3 is 0 Å². The minimum atomic E-state index is -0.0429. The lowest BCUT2D eigenvalue weighted by molar-refractivity contribution is 0.103. The summed E-state index contributed by atoms with van der Waals surface area (Å²) in [5.74, 6) is -0.0429. The van der Waals surface area contributed by atoms with Crippen LogP contribution in [0, 0.1) is 6.92 Å². The molecule has 2 aromatic heterocycles. The van der Waals surface area contributed by atoms with Gasteiger partial charge in [-0.05, 0) is 19.1 Å². The van der Waals surface area contributed by atoms with Gasteiger partial charge in [-0.1, -0.05) is 36.4 Å². The number of carbonyl (C=O) groups is 1. The van der Waals surface area contributed by atoms with Crippen molar-refractivity contribution in [2.75, 3.05) is 0 Å². The molecule has 1 aromatic carbocycles. The summed E-state index contributed by atoms with van der Waals surface area (Å²) in [6.45, 7) is 1.99. The maximum atomic E-state index is 12.3.